The zero-order chi connectivity index (χ0) is 16.5. The number of likely N-dealkylation sites (N-methyl/N-ethyl adjacent to an activating group) is 2. The van der Waals surface area contributed by atoms with Crippen molar-refractivity contribution in [2.45, 2.75) is 25.8 Å². The van der Waals surface area contributed by atoms with Gasteiger partial charge in [-0.05, 0) is 31.5 Å². The van der Waals surface area contributed by atoms with E-state index in [2.05, 4.69) is 27.0 Å². The lowest BCUT2D eigenvalue weighted by Crippen LogP contribution is -2.44. The minimum Gasteiger partial charge on any atom is -0.492 e. The van der Waals surface area contributed by atoms with E-state index in [1.165, 1.54) is 12.8 Å². The maximum atomic E-state index is 5.74. The molecule has 0 atom stereocenters. The van der Waals surface area contributed by atoms with Crippen molar-refractivity contribution in [3.63, 3.8) is 0 Å². The Morgan fingerprint density at radius 1 is 1.25 bits per heavy atom. The number of nitrogens with zero attached hydrogens (tertiary/aromatic N) is 3. The van der Waals surface area contributed by atoms with Gasteiger partial charge in [-0.15, -0.1) is 24.0 Å². The van der Waals surface area contributed by atoms with Gasteiger partial charge in [0.15, 0.2) is 5.96 Å². The van der Waals surface area contributed by atoms with E-state index in [4.69, 9.17) is 4.74 Å². The minimum absolute atomic E-state index is 0. The van der Waals surface area contributed by atoms with Gasteiger partial charge < -0.3 is 15.0 Å². The van der Waals surface area contributed by atoms with Crippen LogP contribution in [0.1, 0.15) is 19.8 Å². The Labute approximate surface area is 163 Å². The second-order valence-corrected chi connectivity index (χ2v) is 5.92. The van der Waals surface area contributed by atoms with Crippen molar-refractivity contribution in [2.24, 2.45) is 4.99 Å². The van der Waals surface area contributed by atoms with E-state index in [0.29, 0.717) is 6.61 Å². The molecule has 0 radical (unpaired) electrons. The molecule has 5 nitrogen and oxygen atoms in total. The van der Waals surface area contributed by atoms with Crippen molar-refractivity contribution in [3.05, 3.63) is 30.3 Å². The predicted octanol–water partition coefficient (Wildman–Crippen LogP) is 2.67. The highest BCUT2D eigenvalue weighted by molar-refractivity contribution is 14.0. The summed E-state index contributed by atoms with van der Waals surface area (Å²) in [6, 6.07) is 10.7. The third kappa shape index (κ3) is 7.25. The molecule has 0 amide bonds. The van der Waals surface area contributed by atoms with Gasteiger partial charge in [-0.3, -0.25) is 9.89 Å². The average molecular weight is 446 g/mol. The summed E-state index contributed by atoms with van der Waals surface area (Å²) in [4.78, 5) is 9.00. The van der Waals surface area contributed by atoms with Gasteiger partial charge in [0.2, 0.25) is 0 Å². The van der Waals surface area contributed by atoms with Gasteiger partial charge in [0.05, 0.1) is 6.54 Å². The van der Waals surface area contributed by atoms with E-state index in [0.717, 1.165) is 43.9 Å². The standard InChI is InChI=1S/C18H30N4O.HI/c1-4-22(16-10-11-16)13-12-20-18(19-2)21(3)14-15-23-17-8-6-5-7-9-17;/h5-9,16H,4,10-15H2,1-3H3,(H,19,20);1H. The molecule has 1 aromatic carbocycles. The van der Waals surface area contributed by atoms with Crippen molar-refractivity contribution in [1.29, 1.82) is 0 Å². The maximum absolute atomic E-state index is 5.74. The highest BCUT2D eigenvalue weighted by Crippen LogP contribution is 2.25. The number of hydrogen-bond acceptors (Lipinski definition) is 3. The first-order chi connectivity index (χ1) is 11.2. The molecule has 24 heavy (non-hydrogen) atoms. The first kappa shape index (κ1) is 21.0. The Morgan fingerprint density at radius 3 is 2.54 bits per heavy atom. The van der Waals surface area contributed by atoms with Crippen LogP contribution in [-0.4, -0.2) is 68.7 Å². The summed E-state index contributed by atoms with van der Waals surface area (Å²) in [5.41, 5.74) is 0. The summed E-state index contributed by atoms with van der Waals surface area (Å²) >= 11 is 0. The molecular weight excluding hydrogens is 415 g/mol. The highest BCUT2D eigenvalue weighted by Gasteiger charge is 2.27. The third-order valence-corrected chi connectivity index (χ3v) is 4.16. The molecule has 2 rings (SSSR count). The number of rotatable bonds is 9. The van der Waals surface area contributed by atoms with Gasteiger partial charge in [-0.1, -0.05) is 25.1 Å². The lowest BCUT2D eigenvalue weighted by atomic mass is 10.3. The van der Waals surface area contributed by atoms with E-state index in [9.17, 15) is 0 Å². The molecule has 0 aromatic heterocycles. The van der Waals surface area contributed by atoms with Gasteiger partial charge in [-0.25, -0.2) is 0 Å². The molecule has 0 heterocycles. The largest absolute Gasteiger partial charge is 0.492 e. The molecular formula is C18H31IN4O. The molecule has 1 N–H and O–H groups in total. The van der Waals surface area contributed by atoms with Crippen molar-refractivity contribution in [2.75, 3.05) is 46.9 Å². The number of benzene rings is 1. The van der Waals surface area contributed by atoms with Gasteiger partial charge in [-0.2, -0.15) is 0 Å². The van der Waals surface area contributed by atoms with Crippen LogP contribution in [0.3, 0.4) is 0 Å². The Hall–Kier alpha value is -1.02. The second-order valence-electron chi connectivity index (χ2n) is 5.92. The number of hydrogen-bond donors (Lipinski definition) is 1. The van der Waals surface area contributed by atoms with Crippen LogP contribution in [0, 0.1) is 0 Å². The van der Waals surface area contributed by atoms with Crippen LogP contribution >= 0.6 is 24.0 Å². The van der Waals surface area contributed by atoms with Gasteiger partial charge in [0.25, 0.3) is 0 Å². The number of halogens is 1. The molecule has 136 valence electrons. The number of para-hydroxylation sites is 1. The van der Waals surface area contributed by atoms with Crippen LogP contribution in [0.15, 0.2) is 35.3 Å². The average Bonchev–Trinajstić information content (AvgIpc) is 3.41. The lowest BCUT2D eigenvalue weighted by molar-refractivity contribution is 0.273. The van der Waals surface area contributed by atoms with Crippen LogP contribution < -0.4 is 10.1 Å². The van der Waals surface area contributed by atoms with Crippen molar-refractivity contribution < 1.29 is 4.74 Å². The molecule has 1 aromatic rings. The minimum atomic E-state index is 0. The van der Waals surface area contributed by atoms with E-state index < -0.39 is 0 Å². The van der Waals surface area contributed by atoms with Crippen LogP contribution in [0.4, 0.5) is 0 Å². The molecule has 6 heteroatoms. The monoisotopic (exact) mass is 446 g/mol. The van der Waals surface area contributed by atoms with Crippen molar-refractivity contribution in [3.8, 4) is 5.75 Å². The van der Waals surface area contributed by atoms with Crippen LogP contribution in [-0.2, 0) is 0 Å². The normalized spacial score (nSPS) is 14.2. The molecule has 0 aliphatic heterocycles. The Kier molecular flexibility index (Phi) is 10.1. The van der Waals surface area contributed by atoms with Crippen molar-refractivity contribution >= 4 is 29.9 Å². The molecule has 1 aliphatic carbocycles. The topological polar surface area (TPSA) is 40.1 Å². The summed E-state index contributed by atoms with van der Waals surface area (Å²) in [5.74, 6) is 1.83. The SMILES string of the molecule is CCN(CCNC(=NC)N(C)CCOc1ccccc1)C1CC1.I. The summed E-state index contributed by atoms with van der Waals surface area (Å²) < 4.78 is 5.74. The fourth-order valence-electron chi connectivity index (χ4n) is 2.66. The lowest BCUT2D eigenvalue weighted by Gasteiger charge is -2.24. The summed E-state index contributed by atoms with van der Waals surface area (Å²) in [7, 11) is 3.87. The van der Waals surface area contributed by atoms with Gasteiger partial charge in [0.1, 0.15) is 12.4 Å². The summed E-state index contributed by atoms with van der Waals surface area (Å²) in [6.45, 7) is 6.82. The molecule has 1 fully saturated rings. The fraction of sp³-hybridized carbons (Fsp3) is 0.611. The fourth-order valence-corrected chi connectivity index (χ4v) is 2.66. The van der Waals surface area contributed by atoms with Crippen molar-refractivity contribution in [1.82, 2.24) is 15.1 Å². The number of ether oxygens (including phenoxy) is 1. The number of guanidine groups is 1. The zero-order valence-electron chi connectivity index (χ0n) is 15.1. The molecule has 0 unspecified atom stereocenters. The third-order valence-electron chi connectivity index (χ3n) is 4.16. The smallest absolute Gasteiger partial charge is 0.193 e. The molecule has 1 aliphatic rings. The van der Waals surface area contributed by atoms with Crippen LogP contribution in [0.5, 0.6) is 5.75 Å². The second kappa shape index (κ2) is 11.5. The zero-order valence-corrected chi connectivity index (χ0v) is 17.4. The van der Waals surface area contributed by atoms with E-state index in [1.807, 2.05) is 44.4 Å². The molecule has 0 saturated heterocycles. The predicted molar refractivity (Wildman–Crippen MR) is 112 cm³/mol. The van der Waals surface area contributed by atoms with E-state index in [-0.39, 0.29) is 24.0 Å². The molecule has 0 spiro atoms. The highest BCUT2D eigenvalue weighted by atomic mass is 127. The van der Waals surface area contributed by atoms with E-state index in [1.54, 1.807) is 0 Å². The van der Waals surface area contributed by atoms with Gasteiger partial charge >= 0.3 is 0 Å². The Bertz CT molecular complexity index is 479. The number of aliphatic imine (C=N–C) groups is 1. The van der Waals surface area contributed by atoms with Crippen LogP contribution in [0.2, 0.25) is 0 Å². The Morgan fingerprint density at radius 2 is 1.96 bits per heavy atom. The first-order valence-corrected chi connectivity index (χ1v) is 8.58. The maximum Gasteiger partial charge on any atom is 0.193 e. The molecule has 1 saturated carbocycles. The Balaban J connectivity index is 0.00000288. The first-order valence-electron chi connectivity index (χ1n) is 8.58. The summed E-state index contributed by atoms with van der Waals surface area (Å²) in [6.07, 6.45) is 2.72. The number of nitrogens with one attached hydrogen (secondary N) is 1. The quantitative estimate of drug-likeness (QED) is 0.360. The van der Waals surface area contributed by atoms with Gasteiger partial charge in [0, 0.05) is 33.2 Å². The van der Waals surface area contributed by atoms with Crippen LogP contribution in [0.25, 0.3) is 0 Å². The summed E-state index contributed by atoms with van der Waals surface area (Å²) in [5, 5.41) is 3.44. The molecule has 0 bridgehead atoms. The van der Waals surface area contributed by atoms with E-state index >= 15 is 0 Å².